The molecule has 3 heterocycles. The fraction of sp³-hybridized carbons (Fsp3) is 0.789. The maximum atomic E-state index is 12.4. The summed E-state index contributed by atoms with van der Waals surface area (Å²) >= 11 is 0. The molecule has 0 radical (unpaired) electrons. The van der Waals surface area contributed by atoms with E-state index in [1.165, 1.54) is 32.1 Å². The van der Waals surface area contributed by atoms with E-state index in [2.05, 4.69) is 10.3 Å². The van der Waals surface area contributed by atoms with Gasteiger partial charge in [0.05, 0.1) is 18.8 Å². The van der Waals surface area contributed by atoms with Crippen molar-refractivity contribution in [2.24, 2.45) is 5.92 Å². The first-order chi connectivity index (χ1) is 12.7. The Kier molecular flexibility index (Phi) is 5.22. The van der Waals surface area contributed by atoms with E-state index < -0.39 is 0 Å². The van der Waals surface area contributed by atoms with E-state index in [-0.39, 0.29) is 17.9 Å². The van der Waals surface area contributed by atoms with Crippen LogP contribution in [0, 0.1) is 5.92 Å². The summed E-state index contributed by atoms with van der Waals surface area (Å²) < 4.78 is 1.86. The molecule has 3 fully saturated rings. The highest BCUT2D eigenvalue weighted by molar-refractivity contribution is 5.78. The normalized spacial score (nSPS) is 22.1. The monoisotopic (exact) mass is 359 g/mol. The highest BCUT2D eigenvalue weighted by atomic mass is 16.2. The van der Waals surface area contributed by atoms with Crippen molar-refractivity contribution in [2.75, 3.05) is 19.6 Å². The van der Waals surface area contributed by atoms with Crippen LogP contribution in [0.15, 0.2) is 6.20 Å². The van der Waals surface area contributed by atoms with Gasteiger partial charge in [0.1, 0.15) is 5.69 Å². The maximum Gasteiger partial charge on any atom is 0.222 e. The molecule has 0 bridgehead atoms. The molecule has 2 amide bonds. The van der Waals surface area contributed by atoms with E-state index in [0.717, 1.165) is 44.1 Å². The first-order valence-electron chi connectivity index (χ1n) is 10.2. The summed E-state index contributed by atoms with van der Waals surface area (Å²) in [5.41, 5.74) is 0.835. The lowest BCUT2D eigenvalue weighted by Crippen LogP contribution is -2.50. The quantitative estimate of drug-likeness (QED) is 0.780. The van der Waals surface area contributed by atoms with Gasteiger partial charge < -0.3 is 9.80 Å². The molecule has 0 atom stereocenters. The van der Waals surface area contributed by atoms with Crippen LogP contribution in [-0.4, -0.2) is 56.2 Å². The first kappa shape index (κ1) is 17.5. The zero-order valence-corrected chi connectivity index (χ0v) is 15.5. The Morgan fingerprint density at radius 3 is 2.69 bits per heavy atom. The van der Waals surface area contributed by atoms with Crippen molar-refractivity contribution in [1.29, 1.82) is 0 Å². The molecule has 7 nitrogen and oxygen atoms in total. The third-order valence-electron chi connectivity index (χ3n) is 6.16. The molecule has 26 heavy (non-hydrogen) atoms. The van der Waals surface area contributed by atoms with E-state index in [9.17, 15) is 9.59 Å². The van der Waals surface area contributed by atoms with Gasteiger partial charge in [-0.05, 0) is 18.8 Å². The lowest BCUT2D eigenvalue weighted by molar-refractivity contribution is -0.137. The number of carbonyl (C=O) groups is 2. The van der Waals surface area contributed by atoms with E-state index in [1.54, 1.807) is 0 Å². The van der Waals surface area contributed by atoms with Crippen LogP contribution in [0.25, 0.3) is 0 Å². The van der Waals surface area contributed by atoms with Gasteiger partial charge in [0, 0.05) is 32.5 Å². The second-order valence-corrected chi connectivity index (χ2v) is 8.10. The third-order valence-corrected chi connectivity index (χ3v) is 6.16. The van der Waals surface area contributed by atoms with Gasteiger partial charge in [0.15, 0.2) is 0 Å². The van der Waals surface area contributed by atoms with Gasteiger partial charge in [0.25, 0.3) is 0 Å². The first-order valence-corrected chi connectivity index (χ1v) is 10.2. The Morgan fingerprint density at radius 1 is 1.15 bits per heavy atom. The number of aromatic nitrogens is 3. The molecule has 1 aromatic rings. The summed E-state index contributed by atoms with van der Waals surface area (Å²) in [4.78, 5) is 27.8. The molecule has 1 saturated carbocycles. The molecule has 2 saturated heterocycles. The molecule has 0 unspecified atom stereocenters. The number of nitrogens with zero attached hydrogens (tertiary/aromatic N) is 5. The summed E-state index contributed by atoms with van der Waals surface area (Å²) in [5.74, 6) is 1.25. The van der Waals surface area contributed by atoms with Crippen LogP contribution < -0.4 is 0 Å². The zero-order valence-electron chi connectivity index (χ0n) is 15.5. The van der Waals surface area contributed by atoms with Crippen molar-refractivity contribution < 1.29 is 9.59 Å². The summed E-state index contributed by atoms with van der Waals surface area (Å²) in [6, 6.07) is 0.226. The van der Waals surface area contributed by atoms with Gasteiger partial charge in [-0.25, -0.2) is 4.68 Å². The van der Waals surface area contributed by atoms with Gasteiger partial charge in [-0.1, -0.05) is 37.3 Å². The Hall–Kier alpha value is -1.92. The molecular weight excluding hydrogens is 330 g/mol. The van der Waals surface area contributed by atoms with Crippen LogP contribution in [0.3, 0.4) is 0 Å². The summed E-state index contributed by atoms with van der Waals surface area (Å²) in [5, 5.41) is 8.41. The second-order valence-electron chi connectivity index (χ2n) is 8.10. The average Bonchev–Trinajstić information content (AvgIpc) is 3.23. The topological polar surface area (TPSA) is 71.3 Å². The highest BCUT2D eigenvalue weighted by Gasteiger charge is 2.33. The highest BCUT2D eigenvalue weighted by Crippen LogP contribution is 2.28. The number of hydrogen-bond acceptors (Lipinski definition) is 4. The van der Waals surface area contributed by atoms with Crippen LogP contribution in [0.4, 0.5) is 0 Å². The van der Waals surface area contributed by atoms with E-state index in [0.29, 0.717) is 19.4 Å². The number of carbonyl (C=O) groups excluding carboxylic acids is 2. The molecule has 3 aliphatic rings. The Morgan fingerprint density at radius 2 is 1.96 bits per heavy atom. The number of hydrogen-bond donors (Lipinski definition) is 0. The van der Waals surface area contributed by atoms with E-state index in [4.69, 9.17) is 0 Å². The Balaban J connectivity index is 1.20. The number of rotatable bonds is 6. The summed E-state index contributed by atoms with van der Waals surface area (Å²) in [7, 11) is 0. The predicted octanol–water partition coefficient (Wildman–Crippen LogP) is 2.14. The minimum Gasteiger partial charge on any atom is -0.338 e. The van der Waals surface area contributed by atoms with Crippen molar-refractivity contribution in [2.45, 2.75) is 70.4 Å². The van der Waals surface area contributed by atoms with Crippen LogP contribution in [0.5, 0.6) is 0 Å². The molecule has 142 valence electrons. The molecule has 0 N–H and O–H groups in total. The lowest BCUT2D eigenvalue weighted by atomic mass is 9.86. The van der Waals surface area contributed by atoms with Crippen LogP contribution in [0.2, 0.25) is 0 Å². The fourth-order valence-electron chi connectivity index (χ4n) is 4.42. The summed E-state index contributed by atoms with van der Waals surface area (Å²) in [6.45, 7) is 2.83. The minimum atomic E-state index is 0.206. The van der Waals surface area contributed by atoms with Crippen molar-refractivity contribution >= 4 is 11.8 Å². The molecule has 1 aromatic heterocycles. The molecule has 4 rings (SSSR count). The minimum absolute atomic E-state index is 0.206. The average molecular weight is 359 g/mol. The van der Waals surface area contributed by atoms with Gasteiger partial charge in [0.2, 0.25) is 11.8 Å². The van der Waals surface area contributed by atoms with E-state index >= 15 is 0 Å². The van der Waals surface area contributed by atoms with Gasteiger partial charge in [-0.3, -0.25) is 9.59 Å². The number of likely N-dealkylation sites (tertiary alicyclic amines) is 2. The SMILES string of the molecule is O=C1CCCN1Cc1cn(C2CN(C(=O)CCC3CCCCC3)C2)nn1. The van der Waals surface area contributed by atoms with Crippen LogP contribution in [-0.2, 0) is 16.1 Å². The molecule has 0 aromatic carbocycles. The smallest absolute Gasteiger partial charge is 0.222 e. The Labute approximate surface area is 154 Å². The third kappa shape index (κ3) is 3.91. The number of amides is 2. The Bertz CT molecular complexity index is 646. The molecular formula is C19H29N5O2. The largest absolute Gasteiger partial charge is 0.338 e. The van der Waals surface area contributed by atoms with Gasteiger partial charge in [-0.15, -0.1) is 5.10 Å². The molecule has 2 aliphatic heterocycles. The van der Waals surface area contributed by atoms with Crippen molar-refractivity contribution in [3.63, 3.8) is 0 Å². The predicted molar refractivity (Wildman–Crippen MR) is 96.1 cm³/mol. The second kappa shape index (κ2) is 7.76. The molecule has 0 spiro atoms. The van der Waals surface area contributed by atoms with Crippen molar-refractivity contribution in [3.8, 4) is 0 Å². The van der Waals surface area contributed by atoms with Crippen molar-refractivity contribution in [1.82, 2.24) is 24.8 Å². The molecule has 1 aliphatic carbocycles. The van der Waals surface area contributed by atoms with Gasteiger partial charge >= 0.3 is 0 Å². The van der Waals surface area contributed by atoms with E-state index in [1.807, 2.05) is 20.7 Å². The fourth-order valence-corrected chi connectivity index (χ4v) is 4.42. The summed E-state index contributed by atoms with van der Waals surface area (Å²) in [6.07, 6.45) is 11.9. The van der Waals surface area contributed by atoms with Crippen LogP contribution in [0.1, 0.15) is 69.5 Å². The van der Waals surface area contributed by atoms with Crippen LogP contribution >= 0.6 is 0 Å². The van der Waals surface area contributed by atoms with Gasteiger partial charge in [-0.2, -0.15) is 0 Å². The zero-order chi connectivity index (χ0) is 17.9. The standard InChI is InChI=1S/C19H29N5O2/c25-18-7-4-10-22(18)11-16-12-24(21-20-16)17-13-23(14-17)19(26)9-8-15-5-2-1-3-6-15/h12,15,17H,1-11,13-14H2. The maximum absolute atomic E-state index is 12.4. The molecule has 7 heteroatoms. The van der Waals surface area contributed by atoms with Crippen molar-refractivity contribution in [3.05, 3.63) is 11.9 Å². The lowest BCUT2D eigenvalue weighted by Gasteiger charge is -2.39.